The summed E-state index contributed by atoms with van der Waals surface area (Å²) < 4.78 is 38.6. The zero-order valence-corrected chi connectivity index (χ0v) is 18.0. The van der Waals surface area contributed by atoms with Crippen LogP contribution in [0.1, 0.15) is 44.2 Å². The molecule has 3 atom stereocenters. The number of aliphatic hydroxyl groups is 1. The smallest absolute Gasteiger partial charge is 0.319 e. The molecule has 1 saturated carbocycles. The Hall–Kier alpha value is -2.32. The number of aromatic nitrogens is 2. The Morgan fingerprint density at radius 3 is 2.74 bits per heavy atom. The molecule has 2 aliphatic rings. The van der Waals surface area contributed by atoms with Gasteiger partial charge < -0.3 is 14.6 Å². The van der Waals surface area contributed by atoms with Crippen LogP contribution >= 0.6 is 0 Å². The molecule has 2 fully saturated rings. The van der Waals surface area contributed by atoms with Gasteiger partial charge >= 0.3 is 6.01 Å². The Kier molecular flexibility index (Phi) is 6.39. The van der Waals surface area contributed by atoms with E-state index in [1.807, 2.05) is 13.8 Å². The fourth-order valence-corrected chi connectivity index (χ4v) is 5.06. The first-order valence-corrected chi connectivity index (χ1v) is 11.0. The summed E-state index contributed by atoms with van der Waals surface area (Å²) in [6, 6.07) is 3.92. The van der Waals surface area contributed by atoms with Crippen molar-refractivity contribution < 1.29 is 23.4 Å². The molecule has 3 unspecified atom stereocenters. The summed E-state index contributed by atoms with van der Waals surface area (Å²) in [6.45, 7) is 6.32. The van der Waals surface area contributed by atoms with Crippen molar-refractivity contribution in [1.29, 1.82) is 0 Å². The summed E-state index contributed by atoms with van der Waals surface area (Å²) >= 11 is 0. The lowest BCUT2D eigenvalue weighted by Gasteiger charge is -2.41. The van der Waals surface area contributed by atoms with Crippen molar-refractivity contribution in [3.63, 3.8) is 0 Å². The van der Waals surface area contributed by atoms with Crippen LogP contribution in [0.2, 0.25) is 0 Å². The first-order valence-electron chi connectivity index (χ1n) is 11.0. The second kappa shape index (κ2) is 9.04. The van der Waals surface area contributed by atoms with E-state index in [2.05, 4.69) is 14.9 Å². The van der Waals surface area contributed by atoms with Crippen LogP contribution in [0.4, 0.5) is 8.78 Å². The maximum Gasteiger partial charge on any atom is 0.319 e. The minimum Gasteiger partial charge on any atom is -0.478 e. The third-order valence-electron chi connectivity index (χ3n) is 6.42. The summed E-state index contributed by atoms with van der Waals surface area (Å²) in [5, 5.41) is 11.9. The van der Waals surface area contributed by atoms with Crippen LogP contribution in [-0.2, 0) is 12.1 Å². The van der Waals surface area contributed by atoms with E-state index in [1.165, 1.54) is 12.1 Å². The predicted octanol–water partition coefficient (Wildman–Crippen LogP) is 3.67. The molecule has 2 aromatic rings. The number of nitrogens with zero attached hydrogens (tertiary/aromatic N) is 3. The average molecular weight is 433 g/mol. The second-order valence-electron chi connectivity index (χ2n) is 8.35. The van der Waals surface area contributed by atoms with E-state index < -0.39 is 17.2 Å². The van der Waals surface area contributed by atoms with Crippen molar-refractivity contribution in [2.75, 3.05) is 26.3 Å². The molecule has 0 spiro atoms. The molecular weight excluding hydrogens is 404 g/mol. The van der Waals surface area contributed by atoms with E-state index in [0.717, 1.165) is 25.5 Å². The van der Waals surface area contributed by atoms with Gasteiger partial charge in [0.25, 0.3) is 0 Å². The van der Waals surface area contributed by atoms with Gasteiger partial charge in [-0.1, -0.05) is 6.07 Å². The quantitative estimate of drug-likeness (QED) is 0.719. The highest BCUT2D eigenvalue weighted by molar-refractivity contribution is 5.33. The van der Waals surface area contributed by atoms with Crippen molar-refractivity contribution in [2.45, 2.75) is 45.3 Å². The third-order valence-corrected chi connectivity index (χ3v) is 6.42. The highest BCUT2D eigenvalue weighted by Gasteiger charge is 2.51. The van der Waals surface area contributed by atoms with E-state index in [-0.39, 0.29) is 17.8 Å². The Morgan fingerprint density at radius 1 is 1.19 bits per heavy atom. The number of ether oxygens (including phenoxy) is 2. The average Bonchev–Trinajstić information content (AvgIpc) is 3.15. The SMILES string of the molecule is CCOc1ncc(C2(O)CCCC3CN(Cc4ccc(F)cc4F)CC32)c(OCC)n1. The summed E-state index contributed by atoms with van der Waals surface area (Å²) in [5.41, 5.74) is -0.0841. The molecule has 8 heteroatoms. The van der Waals surface area contributed by atoms with Crippen LogP contribution in [0, 0.1) is 23.5 Å². The normalized spacial score (nSPS) is 26.0. The van der Waals surface area contributed by atoms with E-state index in [1.54, 1.807) is 6.20 Å². The highest BCUT2D eigenvalue weighted by Crippen LogP contribution is 2.50. The summed E-state index contributed by atoms with van der Waals surface area (Å²) in [7, 11) is 0. The lowest BCUT2D eigenvalue weighted by Crippen LogP contribution is -2.43. The summed E-state index contributed by atoms with van der Waals surface area (Å²) in [4.78, 5) is 10.8. The molecular formula is C23H29F2N3O3. The molecule has 31 heavy (non-hydrogen) atoms. The van der Waals surface area contributed by atoms with Crippen LogP contribution in [0.5, 0.6) is 11.9 Å². The first kappa shape index (κ1) is 21.9. The number of hydrogen-bond donors (Lipinski definition) is 1. The largest absolute Gasteiger partial charge is 0.478 e. The monoisotopic (exact) mass is 433 g/mol. The molecule has 6 nitrogen and oxygen atoms in total. The van der Waals surface area contributed by atoms with Gasteiger partial charge in [0.2, 0.25) is 5.88 Å². The number of likely N-dealkylation sites (tertiary alicyclic amines) is 1. The van der Waals surface area contributed by atoms with E-state index in [4.69, 9.17) is 9.47 Å². The number of hydrogen-bond acceptors (Lipinski definition) is 6. The lowest BCUT2D eigenvalue weighted by atomic mass is 9.68. The summed E-state index contributed by atoms with van der Waals surface area (Å²) in [6.07, 6.45) is 4.07. The van der Waals surface area contributed by atoms with Gasteiger partial charge in [0.15, 0.2) is 0 Å². The topological polar surface area (TPSA) is 67.7 Å². The van der Waals surface area contributed by atoms with Gasteiger partial charge in [0.05, 0.1) is 18.8 Å². The van der Waals surface area contributed by atoms with Crippen molar-refractivity contribution in [3.8, 4) is 11.9 Å². The van der Waals surface area contributed by atoms with Crippen molar-refractivity contribution in [2.24, 2.45) is 11.8 Å². The Bertz CT molecular complexity index is 929. The zero-order valence-electron chi connectivity index (χ0n) is 18.0. The van der Waals surface area contributed by atoms with Crippen LogP contribution in [0.15, 0.2) is 24.4 Å². The molecule has 0 amide bonds. The number of halogens is 2. The van der Waals surface area contributed by atoms with Crippen LogP contribution in [0.3, 0.4) is 0 Å². The third kappa shape index (κ3) is 4.36. The fourth-order valence-electron chi connectivity index (χ4n) is 5.06. The van der Waals surface area contributed by atoms with Gasteiger partial charge in [-0.3, -0.25) is 4.90 Å². The molecule has 4 rings (SSSR count). The molecule has 168 valence electrons. The lowest BCUT2D eigenvalue weighted by molar-refractivity contribution is -0.0672. The molecule has 1 saturated heterocycles. The Balaban J connectivity index is 1.59. The number of benzene rings is 1. The zero-order chi connectivity index (χ0) is 22.0. The van der Waals surface area contributed by atoms with Crippen LogP contribution in [-0.4, -0.2) is 46.3 Å². The second-order valence-corrected chi connectivity index (χ2v) is 8.35. The van der Waals surface area contributed by atoms with Gasteiger partial charge in [-0.15, -0.1) is 0 Å². The van der Waals surface area contributed by atoms with E-state index in [9.17, 15) is 13.9 Å². The van der Waals surface area contributed by atoms with Gasteiger partial charge in [-0.2, -0.15) is 4.98 Å². The number of rotatable bonds is 7. The minimum atomic E-state index is -1.13. The molecule has 1 aromatic carbocycles. The molecule has 1 N–H and O–H groups in total. The Labute approximate surface area is 181 Å². The van der Waals surface area contributed by atoms with Gasteiger partial charge in [0, 0.05) is 43.4 Å². The van der Waals surface area contributed by atoms with E-state index in [0.29, 0.717) is 49.7 Å². The van der Waals surface area contributed by atoms with Crippen molar-refractivity contribution >= 4 is 0 Å². The molecule has 0 bridgehead atoms. The van der Waals surface area contributed by atoms with E-state index >= 15 is 0 Å². The van der Waals surface area contributed by atoms with Crippen LogP contribution in [0.25, 0.3) is 0 Å². The summed E-state index contributed by atoms with van der Waals surface area (Å²) in [5.74, 6) is -0.547. The predicted molar refractivity (Wildman–Crippen MR) is 111 cm³/mol. The first-order chi connectivity index (χ1) is 14.9. The van der Waals surface area contributed by atoms with Crippen molar-refractivity contribution in [1.82, 2.24) is 14.9 Å². The van der Waals surface area contributed by atoms with Gasteiger partial charge in [-0.05, 0) is 45.1 Å². The molecule has 1 aliphatic carbocycles. The molecule has 1 aromatic heterocycles. The molecule has 1 aliphatic heterocycles. The minimum absolute atomic E-state index is 0.0505. The number of fused-ring (bicyclic) bond motifs is 1. The maximum atomic E-state index is 14.2. The van der Waals surface area contributed by atoms with Crippen LogP contribution < -0.4 is 9.47 Å². The highest BCUT2D eigenvalue weighted by atomic mass is 19.1. The van der Waals surface area contributed by atoms with Gasteiger partial charge in [0.1, 0.15) is 17.2 Å². The van der Waals surface area contributed by atoms with Gasteiger partial charge in [-0.25, -0.2) is 13.8 Å². The van der Waals surface area contributed by atoms with Crippen molar-refractivity contribution in [3.05, 3.63) is 47.2 Å². The molecule has 2 heterocycles. The Morgan fingerprint density at radius 2 is 2.00 bits per heavy atom. The standard InChI is InChI=1S/C23H29F2N3O3/c1-3-30-21-18(11-26-22(27-21)31-4-2)23(29)9-5-6-15-12-28(14-19(15)23)13-16-7-8-17(24)10-20(16)25/h7-8,10-11,15,19,29H,3-6,9,12-14H2,1-2H3. The maximum absolute atomic E-state index is 14.2. The molecule has 0 radical (unpaired) electrons. The fraction of sp³-hybridized carbons (Fsp3) is 0.565.